The molecule has 134 valence electrons. The largest absolute Gasteiger partial charge is 0.325 e. The van der Waals surface area contributed by atoms with Crippen molar-refractivity contribution >= 4 is 11.6 Å². The second-order valence-electron chi connectivity index (χ2n) is 8.12. The number of hydrogen-bond donors (Lipinski definition) is 1. The van der Waals surface area contributed by atoms with E-state index in [1.165, 1.54) is 29.5 Å². The average Bonchev–Trinajstić information content (AvgIpc) is 3.29. The van der Waals surface area contributed by atoms with Crippen molar-refractivity contribution in [3.05, 3.63) is 65.9 Å². The van der Waals surface area contributed by atoms with Gasteiger partial charge in [-0.25, -0.2) is 4.68 Å². The van der Waals surface area contributed by atoms with E-state index in [0.717, 1.165) is 36.3 Å². The number of carbonyl (C=O) groups is 1. The van der Waals surface area contributed by atoms with Gasteiger partial charge in [0.2, 0.25) is 5.91 Å². The fourth-order valence-corrected chi connectivity index (χ4v) is 4.72. The second-order valence-corrected chi connectivity index (χ2v) is 8.12. The van der Waals surface area contributed by atoms with E-state index in [2.05, 4.69) is 40.7 Å². The highest BCUT2D eigenvalue weighted by Crippen LogP contribution is 2.56. The Morgan fingerprint density at radius 3 is 2.59 bits per heavy atom. The summed E-state index contributed by atoms with van der Waals surface area (Å²) < 4.78 is 2.00. The number of anilines is 1. The molecule has 27 heavy (non-hydrogen) atoms. The summed E-state index contributed by atoms with van der Waals surface area (Å²) in [6, 6.07) is 16.8. The lowest BCUT2D eigenvalue weighted by atomic mass is 9.64. The monoisotopic (exact) mass is 355 g/mol. The molecule has 2 fully saturated rings. The van der Waals surface area contributed by atoms with Gasteiger partial charge >= 0.3 is 0 Å². The summed E-state index contributed by atoms with van der Waals surface area (Å²) in [4.78, 5) is 12.8. The van der Waals surface area contributed by atoms with Gasteiger partial charge in [-0.3, -0.25) is 4.79 Å². The third-order valence-electron chi connectivity index (χ3n) is 6.52. The predicted molar refractivity (Wildman–Crippen MR) is 105 cm³/mol. The molecule has 3 aromatic rings. The summed E-state index contributed by atoms with van der Waals surface area (Å²) in [7, 11) is 0. The van der Waals surface area contributed by atoms with Gasteiger partial charge in [-0.1, -0.05) is 24.6 Å². The molecule has 1 N–H and O–H groups in total. The van der Waals surface area contributed by atoms with E-state index < -0.39 is 0 Å². The summed E-state index contributed by atoms with van der Waals surface area (Å²) in [6.45, 7) is 0. The normalized spacial score (nSPS) is 19.6. The highest BCUT2D eigenvalue weighted by molar-refractivity contribution is 6.08. The number of rotatable bonds is 3. The average molecular weight is 355 g/mol. The van der Waals surface area contributed by atoms with Crippen LogP contribution >= 0.6 is 0 Å². The zero-order valence-electron chi connectivity index (χ0n) is 15.1. The first-order valence-electron chi connectivity index (χ1n) is 9.86. The van der Waals surface area contributed by atoms with E-state index in [-0.39, 0.29) is 11.3 Å². The molecule has 2 heterocycles. The Labute approximate surface area is 158 Å². The SMILES string of the molecule is O=C1Nc2c(C3CC3)cc(-c3ccnn3-c3ccccc3)cc2C12CCC2. The lowest BCUT2D eigenvalue weighted by Gasteiger charge is -2.36. The molecule has 1 amide bonds. The maximum Gasteiger partial charge on any atom is 0.235 e. The Hall–Kier alpha value is -2.88. The molecule has 1 aromatic heterocycles. The number of aromatic nitrogens is 2. The molecule has 2 saturated carbocycles. The van der Waals surface area contributed by atoms with Crippen LogP contribution in [0.25, 0.3) is 16.9 Å². The topological polar surface area (TPSA) is 46.9 Å². The third kappa shape index (κ3) is 2.10. The van der Waals surface area contributed by atoms with Crippen LogP contribution in [-0.2, 0) is 10.2 Å². The molecule has 4 heteroatoms. The number of nitrogens with one attached hydrogen (secondary N) is 1. The quantitative estimate of drug-likeness (QED) is 0.734. The van der Waals surface area contributed by atoms with Crippen LogP contribution in [-0.4, -0.2) is 15.7 Å². The highest BCUT2D eigenvalue weighted by atomic mass is 16.2. The minimum absolute atomic E-state index is 0.208. The van der Waals surface area contributed by atoms with Crippen molar-refractivity contribution in [1.29, 1.82) is 0 Å². The molecule has 1 spiro atoms. The lowest BCUT2D eigenvalue weighted by Crippen LogP contribution is -2.40. The Balaban J connectivity index is 1.55. The molecule has 2 aromatic carbocycles. The molecule has 0 unspecified atom stereocenters. The first-order chi connectivity index (χ1) is 13.3. The van der Waals surface area contributed by atoms with Crippen molar-refractivity contribution in [2.45, 2.75) is 43.4 Å². The van der Waals surface area contributed by atoms with E-state index >= 15 is 0 Å². The molecular weight excluding hydrogens is 334 g/mol. The van der Waals surface area contributed by atoms with Gasteiger partial charge in [0.25, 0.3) is 0 Å². The summed E-state index contributed by atoms with van der Waals surface area (Å²) in [5.41, 5.74) is 6.67. The molecule has 6 rings (SSSR count). The summed E-state index contributed by atoms with van der Waals surface area (Å²) in [6.07, 6.45) is 7.37. The summed E-state index contributed by atoms with van der Waals surface area (Å²) in [5, 5.41) is 7.80. The van der Waals surface area contributed by atoms with Crippen LogP contribution in [0, 0.1) is 0 Å². The first kappa shape index (κ1) is 15.2. The van der Waals surface area contributed by atoms with Gasteiger partial charge in [0, 0.05) is 11.3 Å². The number of hydrogen-bond acceptors (Lipinski definition) is 2. The first-order valence-corrected chi connectivity index (χ1v) is 9.86. The minimum atomic E-state index is -0.285. The molecule has 3 aliphatic rings. The van der Waals surface area contributed by atoms with E-state index in [1.54, 1.807) is 0 Å². The van der Waals surface area contributed by atoms with Crippen LogP contribution in [0.3, 0.4) is 0 Å². The number of para-hydroxylation sites is 1. The Kier molecular flexibility index (Phi) is 2.99. The van der Waals surface area contributed by atoms with Crippen molar-refractivity contribution < 1.29 is 4.79 Å². The fraction of sp³-hybridized carbons (Fsp3) is 0.304. The van der Waals surface area contributed by atoms with E-state index in [0.29, 0.717) is 5.92 Å². The van der Waals surface area contributed by atoms with Crippen LogP contribution in [0.1, 0.15) is 49.1 Å². The lowest BCUT2D eigenvalue weighted by molar-refractivity contribution is -0.123. The Morgan fingerprint density at radius 1 is 1.07 bits per heavy atom. The molecule has 0 saturated heterocycles. The number of benzene rings is 2. The molecule has 0 bridgehead atoms. The number of amides is 1. The van der Waals surface area contributed by atoms with E-state index in [4.69, 9.17) is 0 Å². The fourth-order valence-electron chi connectivity index (χ4n) is 4.72. The van der Waals surface area contributed by atoms with Crippen LogP contribution in [0.5, 0.6) is 0 Å². The van der Waals surface area contributed by atoms with Crippen molar-refractivity contribution in [2.24, 2.45) is 0 Å². The van der Waals surface area contributed by atoms with Crippen LogP contribution in [0.15, 0.2) is 54.7 Å². The minimum Gasteiger partial charge on any atom is -0.325 e. The van der Waals surface area contributed by atoms with Gasteiger partial charge < -0.3 is 5.32 Å². The molecule has 0 atom stereocenters. The zero-order valence-corrected chi connectivity index (χ0v) is 15.1. The Morgan fingerprint density at radius 2 is 1.89 bits per heavy atom. The van der Waals surface area contributed by atoms with Crippen LogP contribution < -0.4 is 5.32 Å². The number of nitrogens with zero attached hydrogens (tertiary/aromatic N) is 2. The molecule has 4 nitrogen and oxygen atoms in total. The maximum absolute atomic E-state index is 12.8. The standard InChI is InChI=1S/C23H21N3O/c27-22-23(10-4-11-23)19-14-16(13-18(15-7-8-15)21(19)25-22)20-9-12-24-26(20)17-5-2-1-3-6-17/h1-3,5-6,9,12-15H,4,7-8,10-11H2,(H,25,27). The van der Waals surface area contributed by atoms with Crippen molar-refractivity contribution in [3.8, 4) is 16.9 Å². The second kappa shape index (κ2) is 5.32. The van der Waals surface area contributed by atoms with Gasteiger partial charge in [-0.15, -0.1) is 0 Å². The molecule has 1 aliphatic heterocycles. The maximum atomic E-state index is 12.8. The molecule has 0 radical (unpaired) electrons. The van der Waals surface area contributed by atoms with Crippen LogP contribution in [0.2, 0.25) is 0 Å². The van der Waals surface area contributed by atoms with E-state index in [9.17, 15) is 4.79 Å². The van der Waals surface area contributed by atoms with Crippen molar-refractivity contribution in [1.82, 2.24) is 9.78 Å². The summed E-state index contributed by atoms with van der Waals surface area (Å²) >= 11 is 0. The van der Waals surface area contributed by atoms with Crippen molar-refractivity contribution in [2.75, 3.05) is 5.32 Å². The van der Waals surface area contributed by atoms with E-state index in [1.807, 2.05) is 29.1 Å². The van der Waals surface area contributed by atoms with Gasteiger partial charge in [0.05, 0.1) is 23.0 Å². The summed E-state index contributed by atoms with van der Waals surface area (Å²) in [5.74, 6) is 0.793. The molecular formula is C23H21N3O. The Bertz CT molecular complexity index is 1060. The molecule has 2 aliphatic carbocycles. The number of carbonyl (C=O) groups excluding carboxylic acids is 1. The van der Waals surface area contributed by atoms with Crippen LogP contribution in [0.4, 0.5) is 5.69 Å². The van der Waals surface area contributed by atoms with Gasteiger partial charge in [-0.2, -0.15) is 5.10 Å². The number of fused-ring (bicyclic) bond motifs is 2. The van der Waals surface area contributed by atoms with Crippen molar-refractivity contribution in [3.63, 3.8) is 0 Å². The van der Waals surface area contributed by atoms with Gasteiger partial charge in [0.15, 0.2) is 0 Å². The zero-order chi connectivity index (χ0) is 18.0. The predicted octanol–water partition coefficient (Wildman–Crippen LogP) is 4.79. The third-order valence-corrected chi connectivity index (χ3v) is 6.52. The van der Waals surface area contributed by atoms with Gasteiger partial charge in [0.1, 0.15) is 0 Å². The van der Waals surface area contributed by atoms with Gasteiger partial charge in [-0.05, 0) is 73.1 Å². The highest BCUT2D eigenvalue weighted by Gasteiger charge is 2.52. The smallest absolute Gasteiger partial charge is 0.235 e.